The monoisotopic (exact) mass is 220 g/mol. The SMILES string of the molecule is Cc1ccc2oc(/C=C/CCCl)cc2c1. The van der Waals surface area contributed by atoms with Gasteiger partial charge < -0.3 is 4.42 Å². The number of allylic oxidation sites excluding steroid dienone is 1. The summed E-state index contributed by atoms with van der Waals surface area (Å²) in [7, 11) is 0. The zero-order valence-electron chi connectivity index (χ0n) is 8.66. The van der Waals surface area contributed by atoms with E-state index in [0.29, 0.717) is 5.88 Å². The predicted octanol–water partition coefficient (Wildman–Crippen LogP) is 4.38. The van der Waals surface area contributed by atoms with Gasteiger partial charge in [0.05, 0.1) is 0 Å². The van der Waals surface area contributed by atoms with Gasteiger partial charge in [0, 0.05) is 11.3 Å². The van der Waals surface area contributed by atoms with E-state index in [-0.39, 0.29) is 0 Å². The van der Waals surface area contributed by atoms with Gasteiger partial charge in [-0.3, -0.25) is 0 Å². The van der Waals surface area contributed by atoms with Crippen molar-refractivity contribution >= 4 is 28.6 Å². The molecule has 1 heterocycles. The van der Waals surface area contributed by atoms with E-state index < -0.39 is 0 Å². The van der Waals surface area contributed by atoms with Crippen molar-refractivity contribution in [2.45, 2.75) is 13.3 Å². The first-order chi connectivity index (χ1) is 7.29. The first-order valence-corrected chi connectivity index (χ1v) is 5.56. The molecule has 0 radical (unpaired) electrons. The molecule has 0 bridgehead atoms. The van der Waals surface area contributed by atoms with Crippen LogP contribution in [0.4, 0.5) is 0 Å². The molecule has 2 heteroatoms. The van der Waals surface area contributed by atoms with Crippen LogP contribution in [-0.4, -0.2) is 5.88 Å². The first-order valence-electron chi connectivity index (χ1n) is 5.02. The number of hydrogen-bond acceptors (Lipinski definition) is 1. The second-order valence-electron chi connectivity index (χ2n) is 3.57. The van der Waals surface area contributed by atoms with Crippen LogP contribution >= 0.6 is 11.6 Å². The quantitative estimate of drug-likeness (QED) is 0.700. The summed E-state index contributed by atoms with van der Waals surface area (Å²) in [6.45, 7) is 2.08. The van der Waals surface area contributed by atoms with Crippen LogP contribution in [-0.2, 0) is 0 Å². The van der Waals surface area contributed by atoms with E-state index in [4.69, 9.17) is 16.0 Å². The molecule has 0 aliphatic rings. The standard InChI is InChI=1S/C13H13ClO/c1-10-5-6-13-11(8-10)9-12(15-13)4-2-3-7-14/h2,4-6,8-9H,3,7H2,1H3/b4-2+. The van der Waals surface area contributed by atoms with Crippen LogP contribution < -0.4 is 0 Å². The van der Waals surface area contributed by atoms with Crippen LogP contribution in [0.15, 0.2) is 34.8 Å². The summed E-state index contributed by atoms with van der Waals surface area (Å²) < 4.78 is 5.64. The number of rotatable bonds is 3. The van der Waals surface area contributed by atoms with Gasteiger partial charge in [0.15, 0.2) is 0 Å². The van der Waals surface area contributed by atoms with Crippen molar-refractivity contribution in [2.24, 2.45) is 0 Å². The topological polar surface area (TPSA) is 13.1 Å². The van der Waals surface area contributed by atoms with Crippen LogP contribution in [0.5, 0.6) is 0 Å². The molecule has 0 unspecified atom stereocenters. The van der Waals surface area contributed by atoms with Gasteiger partial charge in [-0.1, -0.05) is 17.7 Å². The highest BCUT2D eigenvalue weighted by molar-refractivity contribution is 6.17. The summed E-state index contributed by atoms with van der Waals surface area (Å²) in [6.07, 6.45) is 4.87. The molecule has 0 aliphatic heterocycles. The molecule has 1 aromatic heterocycles. The van der Waals surface area contributed by atoms with Crippen molar-refractivity contribution in [2.75, 3.05) is 5.88 Å². The summed E-state index contributed by atoms with van der Waals surface area (Å²) in [5.74, 6) is 1.54. The van der Waals surface area contributed by atoms with Crippen molar-refractivity contribution in [3.05, 3.63) is 41.7 Å². The largest absolute Gasteiger partial charge is 0.457 e. The molecule has 0 spiro atoms. The summed E-state index contributed by atoms with van der Waals surface area (Å²) >= 11 is 5.59. The van der Waals surface area contributed by atoms with E-state index in [9.17, 15) is 0 Å². The Labute approximate surface area is 94.3 Å². The Kier molecular flexibility index (Phi) is 3.12. The number of benzene rings is 1. The second-order valence-corrected chi connectivity index (χ2v) is 3.95. The molecule has 2 rings (SSSR count). The Morgan fingerprint density at radius 1 is 1.33 bits per heavy atom. The fraction of sp³-hybridized carbons (Fsp3) is 0.231. The van der Waals surface area contributed by atoms with Crippen LogP contribution in [0.2, 0.25) is 0 Å². The molecule has 2 aromatic rings. The van der Waals surface area contributed by atoms with Crippen LogP contribution in [0.1, 0.15) is 17.7 Å². The molecule has 1 nitrogen and oxygen atoms in total. The number of hydrogen-bond donors (Lipinski definition) is 0. The third-order valence-corrected chi connectivity index (χ3v) is 2.47. The molecule has 0 aliphatic carbocycles. The van der Waals surface area contributed by atoms with E-state index in [1.807, 2.05) is 24.3 Å². The van der Waals surface area contributed by atoms with Crippen molar-refractivity contribution in [1.82, 2.24) is 0 Å². The van der Waals surface area contributed by atoms with Crippen molar-refractivity contribution in [3.8, 4) is 0 Å². The lowest BCUT2D eigenvalue weighted by Gasteiger charge is -1.89. The van der Waals surface area contributed by atoms with Crippen molar-refractivity contribution in [1.29, 1.82) is 0 Å². The molecule has 0 saturated heterocycles. The predicted molar refractivity (Wildman–Crippen MR) is 65.3 cm³/mol. The Balaban J connectivity index is 2.30. The van der Waals surface area contributed by atoms with Gasteiger partial charge in [-0.2, -0.15) is 0 Å². The Morgan fingerprint density at radius 2 is 2.20 bits per heavy atom. The molecule has 78 valence electrons. The molecule has 1 aromatic carbocycles. The zero-order valence-corrected chi connectivity index (χ0v) is 9.42. The summed E-state index contributed by atoms with van der Waals surface area (Å²) in [6, 6.07) is 8.23. The minimum absolute atomic E-state index is 0.649. The van der Waals surface area contributed by atoms with Gasteiger partial charge >= 0.3 is 0 Å². The maximum absolute atomic E-state index is 5.64. The first kappa shape index (κ1) is 10.3. The minimum Gasteiger partial charge on any atom is -0.457 e. The van der Waals surface area contributed by atoms with Gasteiger partial charge in [-0.05, 0) is 37.6 Å². The number of fused-ring (bicyclic) bond motifs is 1. The minimum atomic E-state index is 0.649. The van der Waals surface area contributed by atoms with E-state index in [1.54, 1.807) is 0 Å². The van der Waals surface area contributed by atoms with E-state index in [0.717, 1.165) is 23.2 Å². The number of halogens is 1. The average molecular weight is 221 g/mol. The van der Waals surface area contributed by atoms with Crippen molar-refractivity contribution < 1.29 is 4.42 Å². The van der Waals surface area contributed by atoms with Crippen LogP contribution in [0.3, 0.4) is 0 Å². The highest BCUT2D eigenvalue weighted by Gasteiger charge is 2.00. The number of furan rings is 1. The highest BCUT2D eigenvalue weighted by Crippen LogP contribution is 2.21. The smallest absolute Gasteiger partial charge is 0.134 e. The molecule has 0 atom stereocenters. The van der Waals surface area contributed by atoms with Crippen molar-refractivity contribution in [3.63, 3.8) is 0 Å². The molecule has 0 amide bonds. The number of aryl methyl sites for hydroxylation is 1. The highest BCUT2D eigenvalue weighted by atomic mass is 35.5. The average Bonchev–Trinajstić information content (AvgIpc) is 2.60. The Hall–Kier alpha value is -1.21. The van der Waals surface area contributed by atoms with E-state index in [1.165, 1.54) is 5.56 Å². The fourth-order valence-electron chi connectivity index (χ4n) is 1.53. The third-order valence-electron chi connectivity index (χ3n) is 2.25. The molecular weight excluding hydrogens is 208 g/mol. The zero-order chi connectivity index (χ0) is 10.7. The normalized spacial score (nSPS) is 11.6. The van der Waals surface area contributed by atoms with Crippen LogP contribution in [0, 0.1) is 6.92 Å². The molecular formula is C13H13ClO. The summed E-state index contributed by atoms with van der Waals surface area (Å²) in [5, 5.41) is 1.15. The number of alkyl halides is 1. The maximum Gasteiger partial charge on any atom is 0.134 e. The van der Waals surface area contributed by atoms with Gasteiger partial charge in [0.25, 0.3) is 0 Å². The van der Waals surface area contributed by atoms with E-state index in [2.05, 4.69) is 19.1 Å². The fourth-order valence-corrected chi connectivity index (χ4v) is 1.65. The molecule has 15 heavy (non-hydrogen) atoms. The van der Waals surface area contributed by atoms with Gasteiger partial charge in [0.1, 0.15) is 11.3 Å². The second kappa shape index (κ2) is 4.54. The third kappa shape index (κ3) is 2.42. The van der Waals surface area contributed by atoms with Crippen LogP contribution in [0.25, 0.3) is 17.0 Å². The Morgan fingerprint density at radius 3 is 3.00 bits per heavy atom. The molecule has 0 N–H and O–H groups in total. The lowest BCUT2D eigenvalue weighted by Crippen LogP contribution is -1.67. The Bertz CT molecular complexity index is 482. The van der Waals surface area contributed by atoms with Gasteiger partial charge in [-0.25, -0.2) is 0 Å². The maximum atomic E-state index is 5.64. The molecule has 0 saturated carbocycles. The summed E-state index contributed by atoms with van der Waals surface area (Å²) in [5.41, 5.74) is 2.19. The molecule has 0 fully saturated rings. The van der Waals surface area contributed by atoms with Gasteiger partial charge in [-0.15, -0.1) is 11.6 Å². The lowest BCUT2D eigenvalue weighted by molar-refractivity contribution is 0.604. The van der Waals surface area contributed by atoms with Gasteiger partial charge in [0.2, 0.25) is 0 Å². The summed E-state index contributed by atoms with van der Waals surface area (Å²) in [4.78, 5) is 0. The lowest BCUT2D eigenvalue weighted by atomic mass is 10.2. The van der Waals surface area contributed by atoms with E-state index >= 15 is 0 Å².